The maximum Gasteiger partial charge on any atom is 0.333 e. The second-order valence-electron chi connectivity index (χ2n) is 6.48. The van der Waals surface area contributed by atoms with Gasteiger partial charge in [0.2, 0.25) is 0 Å². The van der Waals surface area contributed by atoms with E-state index in [0.717, 1.165) is 18.8 Å². The van der Waals surface area contributed by atoms with Crippen molar-refractivity contribution in [2.45, 2.75) is 59.3 Å². The predicted octanol–water partition coefficient (Wildman–Crippen LogP) is 6.43. The van der Waals surface area contributed by atoms with E-state index in [0.29, 0.717) is 12.2 Å². The Morgan fingerprint density at radius 2 is 1.67 bits per heavy atom. The molecule has 24 heavy (non-hydrogen) atoms. The third-order valence-electron chi connectivity index (χ3n) is 3.54. The Morgan fingerprint density at radius 1 is 1.08 bits per heavy atom. The molecule has 1 rings (SSSR count). The van der Waals surface area contributed by atoms with Crippen molar-refractivity contribution in [3.05, 3.63) is 54.6 Å². The zero-order valence-corrected chi connectivity index (χ0v) is 15.7. The van der Waals surface area contributed by atoms with Crippen molar-refractivity contribution < 1.29 is 9.53 Å². The minimum absolute atomic E-state index is 0.264. The van der Waals surface area contributed by atoms with E-state index < -0.39 is 0 Å². The number of ether oxygens (including phenoxy) is 1. The molecule has 0 aliphatic rings. The molecule has 0 heterocycles. The lowest BCUT2D eigenvalue weighted by Crippen LogP contribution is -2.05. The standard InChI is InChI=1S/C14H26O2.C8H8/c1-12(2)10-8-6-5-7-9-11-16-14(15)13(3)4;1-2-8-6-4-3-5-7-8/h12H,3,5-11H2,1-2,4H3;2-7H,1H2. The Hall–Kier alpha value is -1.83. The summed E-state index contributed by atoms with van der Waals surface area (Å²) in [5.74, 6) is 0.552. The molecule has 134 valence electrons. The zero-order chi connectivity index (χ0) is 18.2. The van der Waals surface area contributed by atoms with Crippen LogP contribution in [0.3, 0.4) is 0 Å². The van der Waals surface area contributed by atoms with Gasteiger partial charge in [-0.15, -0.1) is 0 Å². The first-order chi connectivity index (χ1) is 11.5. The highest BCUT2D eigenvalue weighted by molar-refractivity contribution is 5.86. The molecule has 2 heteroatoms. The maximum atomic E-state index is 11.0. The van der Waals surface area contributed by atoms with Crippen LogP contribution in [0.25, 0.3) is 6.08 Å². The summed E-state index contributed by atoms with van der Waals surface area (Å²) in [6.07, 6.45) is 9.15. The van der Waals surface area contributed by atoms with Gasteiger partial charge in [0.15, 0.2) is 0 Å². The molecule has 0 aliphatic heterocycles. The summed E-state index contributed by atoms with van der Waals surface area (Å²) in [5.41, 5.74) is 1.66. The SMILES string of the molecule is C=C(C)C(=O)OCCCCCCCC(C)C.C=Cc1ccccc1. The normalized spacial score (nSPS) is 9.83. The molecule has 0 N–H and O–H groups in total. The van der Waals surface area contributed by atoms with Gasteiger partial charge in [-0.3, -0.25) is 0 Å². The van der Waals surface area contributed by atoms with E-state index in [1.54, 1.807) is 6.92 Å². The van der Waals surface area contributed by atoms with Crippen LogP contribution in [0.5, 0.6) is 0 Å². The average molecular weight is 331 g/mol. The Balaban J connectivity index is 0.000000546. The molecule has 0 amide bonds. The van der Waals surface area contributed by atoms with Crippen LogP contribution in [-0.4, -0.2) is 12.6 Å². The molecule has 0 aliphatic carbocycles. The lowest BCUT2D eigenvalue weighted by atomic mass is 10.0. The molecule has 0 fully saturated rings. The van der Waals surface area contributed by atoms with Gasteiger partial charge in [0.05, 0.1) is 6.61 Å². The topological polar surface area (TPSA) is 26.3 Å². The number of carbonyl (C=O) groups excluding carboxylic acids is 1. The van der Waals surface area contributed by atoms with Crippen molar-refractivity contribution in [1.29, 1.82) is 0 Å². The minimum Gasteiger partial charge on any atom is -0.462 e. The van der Waals surface area contributed by atoms with Crippen molar-refractivity contribution in [1.82, 2.24) is 0 Å². The summed E-state index contributed by atoms with van der Waals surface area (Å²) in [6, 6.07) is 10.0. The highest BCUT2D eigenvalue weighted by Gasteiger charge is 2.01. The Bertz CT molecular complexity index is 460. The predicted molar refractivity (Wildman–Crippen MR) is 105 cm³/mol. The molecule has 1 aromatic rings. The average Bonchev–Trinajstić information content (AvgIpc) is 2.58. The van der Waals surface area contributed by atoms with Crippen molar-refractivity contribution in [2.75, 3.05) is 6.61 Å². The van der Waals surface area contributed by atoms with Gasteiger partial charge in [-0.05, 0) is 24.8 Å². The monoisotopic (exact) mass is 330 g/mol. The lowest BCUT2D eigenvalue weighted by molar-refractivity contribution is -0.139. The zero-order valence-electron chi connectivity index (χ0n) is 15.7. The van der Waals surface area contributed by atoms with Gasteiger partial charge < -0.3 is 4.74 Å². The molecule has 0 unspecified atom stereocenters. The van der Waals surface area contributed by atoms with Crippen LogP contribution in [-0.2, 0) is 9.53 Å². The maximum absolute atomic E-state index is 11.0. The summed E-state index contributed by atoms with van der Waals surface area (Å²) in [4.78, 5) is 11.0. The molecule has 1 aromatic carbocycles. The summed E-state index contributed by atoms with van der Waals surface area (Å²) in [5, 5.41) is 0. The summed E-state index contributed by atoms with van der Waals surface area (Å²) in [6.45, 7) is 13.9. The van der Waals surface area contributed by atoms with E-state index in [4.69, 9.17) is 4.74 Å². The fourth-order valence-electron chi connectivity index (χ4n) is 2.06. The van der Waals surface area contributed by atoms with E-state index in [1.807, 2.05) is 36.4 Å². The molecular formula is C22H34O2. The molecule has 0 saturated carbocycles. The van der Waals surface area contributed by atoms with Gasteiger partial charge in [0.25, 0.3) is 0 Å². The number of esters is 1. The fraction of sp³-hybridized carbons (Fsp3) is 0.500. The molecule has 0 bridgehead atoms. The smallest absolute Gasteiger partial charge is 0.333 e. The highest BCUT2D eigenvalue weighted by atomic mass is 16.5. The van der Waals surface area contributed by atoms with Crippen LogP contribution >= 0.6 is 0 Å². The number of unbranched alkanes of at least 4 members (excludes halogenated alkanes) is 4. The number of carbonyl (C=O) groups is 1. The van der Waals surface area contributed by atoms with Gasteiger partial charge >= 0.3 is 5.97 Å². The van der Waals surface area contributed by atoms with Crippen molar-refractivity contribution >= 4 is 12.0 Å². The van der Waals surface area contributed by atoms with E-state index in [1.165, 1.54) is 31.2 Å². The molecule has 0 atom stereocenters. The minimum atomic E-state index is -0.264. The quantitative estimate of drug-likeness (QED) is 0.280. The van der Waals surface area contributed by atoms with Crippen LogP contribution in [0.2, 0.25) is 0 Å². The number of benzene rings is 1. The molecule has 0 aromatic heterocycles. The fourth-order valence-corrected chi connectivity index (χ4v) is 2.06. The number of hydrogen-bond donors (Lipinski definition) is 0. The third kappa shape index (κ3) is 13.8. The lowest BCUT2D eigenvalue weighted by Gasteiger charge is -2.05. The van der Waals surface area contributed by atoms with Crippen molar-refractivity contribution in [3.63, 3.8) is 0 Å². The molecule has 0 saturated heterocycles. The number of hydrogen-bond acceptors (Lipinski definition) is 2. The van der Waals surface area contributed by atoms with Gasteiger partial charge in [0.1, 0.15) is 0 Å². The van der Waals surface area contributed by atoms with Crippen LogP contribution in [0, 0.1) is 5.92 Å². The Labute approximate surface area is 148 Å². The van der Waals surface area contributed by atoms with E-state index in [9.17, 15) is 4.79 Å². The number of rotatable bonds is 10. The third-order valence-corrected chi connectivity index (χ3v) is 3.54. The van der Waals surface area contributed by atoms with E-state index in [2.05, 4.69) is 27.0 Å². The summed E-state index contributed by atoms with van der Waals surface area (Å²) in [7, 11) is 0. The first-order valence-corrected chi connectivity index (χ1v) is 8.97. The molecular weight excluding hydrogens is 296 g/mol. The van der Waals surface area contributed by atoms with Gasteiger partial charge in [-0.2, -0.15) is 0 Å². The largest absolute Gasteiger partial charge is 0.462 e. The first kappa shape index (κ1) is 22.2. The summed E-state index contributed by atoms with van der Waals surface area (Å²) < 4.78 is 5.01. The van der Waals surface area contributed by atoms with E-state index in [-0.39, 0.29) is 5.97 Å². The van der Waals surface area contributed by atoms with E-state index >= 15 is 0 Å². The highest BCUT2D eigenvalue weighted by Crippen LogP contribution is 2.10. The van der Waals surface area contributed by atoms with Crippen LogP contribution in [0.4, 0.5) is 0 Å². The van der Waals surface area contributed by atoms with Crippen LogP contribution < -0.4 is 0 Å². The Morgan fingerprint density at radius 3 is 2.17 bits per heavy atom. The second-order valence-corrected chi connectivity index (χ2v) is 6.48. The van der Waals surface area contributed by atoms with Gasteiger partial charge in [-0.1, -0.05) is 95.5 Å². The molecule has 2 nitrogen and oxygen atoms in total. The molecule has 0 radical (unpaired) electrons. The van der Waals surface area contributed by atoms with Gasteiger partial charge in [0, 0.05) is 5.57 Å². The van der Waals surface area contributed by atoms with Crippen molar-refractivity contribution in [2.24, 2.45) is 5.92 Å². The van der Waals surface area contributed by atoms with Crippen LogP contribution in [0.15, 0.2) is 49.1 Å². The van der Waals surface area contributed by atoms with Crippen LogP contribution in [0.1, 0.15) is 64.9 Å². The van der Waals surface area contributed by atoms with Crippen molar-refractivity contribution in [3.8, 4) is 0 Å². The molecule has 0 spiro atoms. The Kier molecular flexibility index (Phi) is 13.6. The second kappa shape index (κ2) is 14.7. The van der Waals surface area contributed by atoms with Gasteiger partial charge in [-0.25, -0.2) is 4.79 Å². The first-order valence-electron chi connectivity index (χ1n) is 8.97. The summed E-state index contributed by atoms with van der Waals surface area (Å²) >= 11 is 0.